The van der Waals surface area contributed by atoms with Gasteiger partial charge in [0.05, 0.1) is 13.0 Å². The Morgan fingerprint density at radius 2 is 2.07 bits per heavy atom. The van der Waals surface area contributed by atoms with Crippen molar-refractivity contribution in [3.63, 3.8) is 0 Å². The van der Waals surface area contributed by atoms with Gasteiger partial charge >= 0.3 is 5.97 Å². The highest BCUT2D eigenvalue weighted by Crippen LogP contribution is 2.10. The Morgan fingerprint density at radius 1 is 1.36 bits per heavy atom. The molecule has 0 radical (unpaired) electrons. The second-order valence-corrected chi connectivity index (χ2v) is 3.49. The monoisotopic (exact) mass is 202 g/mol. The normalized spacial score (nSPS) is 12.5. The quantitative estimate of drug-likeness (QED) is 0.485. The average Bonchev–Trinajstić information content (AvgIpc) is 2.17. The second kappa shape index (κ2) is 9.00. The fourth-order valence-electron chi connectivity index (χ4n) is 1.30. The van der Waals surface area contributed by atoms with Crippen LogP contribution in [0.3, 0.4) is 0 Å². The molecule has 0 saturated carbocycles. The molecule has 0 aliphatic rings. The lowest BCUT2D eigenvalue weighted by Crippen LogP contribution is -2.18. The molecule has 84 valence electrons. The molecule has 0 aliphatic heterocycles. The summed E-state index contributed by atoms with van der Waals surface area (Å²) in [6.07, 6.45) is 5.45. The first kappa shape index (κ1) is 13.4. The van der Waals surface area contributed by atoms with E-state index in [-0.39, 0.29) is 25.1 Å². The van der Waals surface area contributed by atoms with Gasteiger partial charge in [0.25, 0.3) is 0 Å². The predicted octanol–water partition coefficient (Wildman–Crippen LogP) is 2.27. The van der Waals surface area contributed by atoms with Gasteiger partial charge in [-0.15, -0.1) is 0 Å². The van der Waals surface area contributed by atoms with E-state index in [2.05, 4.69) is 6.92 Å². The maximum Gasteiger partial charge on any atom is 0.308 e. The molecule has 0 heterocycles. The van der Waals surface area contributed by atoms with Crippen LogP contribution in [0.5, 0.6) is 0 Å². The number of hydrogen-bond donors (Lipinski definition) is 1. The summed E-state index contributed by atoms with van der Waals surface area (Å²) >= 11 is 0. The number of esters is 1. The van der Waals surface area contributed by atoms with Crippen molar-refractivity contribution >= 4 is 5.97 Å². The highest BCUT2D eigenvalue weighted by Gasteiger charge is 2.11. The van der Waals surface area contributed by atoms with E-state index >= 15 is 0 Å². The second-order valence-electron chi connectivity index (χ2n) is 3.49. The lowest BCUT2D eigenvalue weighted by atomic mass is 10.1. The van der Waals surface area contributed by atoms with Crippen molar-refractivity contribution in [2.24, 2.45) is 0 Å². The molecule has 0 bridgehead atoms. The molecule has 0 aromatic rings. The first-order valence-electron chi connectivity index (χ1n) is 5.54. The van der Waals surface area contributed by atoms with E-state index in [0.29, 0.717) is 0 Å². The molecule has 3 heteroatoms. The Labute approximate surface area is 86.5 Å². The van der Waals surface area contributed by atoms with Crippen molar-refractivity contribution in [2.75, 3.05) is 6.61 Å². The third kappa shape index (κ3) is 6.89. The lowest BCUT2D eigenvalue weighted by molar-refractivity contribution is -0.150. The number of unbranched alkanes of at least 4 members (excludes halogenated alkanes) is 2. The number of carbonyl (C=O) groups excluding carboxylic acids is 1. The number of ether oxygens (including phenoxy) is 1. The summed E-state index contributed by atoms with van der Waals surface area (Å²) in [6.45, 7) is 4.05. The number of aliphatic hydroxyl groups excluding tert-OH is 1. The Morgan fingerprint density at radius 3 is 2.57 bits per heavy atom. The van der Waals surface area contributed by atoms with Crippen LogP contribution < -0.4 is 0 Å². The van der Waals surface area contributed by atoms with Gasteiger partial charge in [0, 0.05) is 0 Å². The summed E-state index contributed by atoms with van der Waals surface area (Å²) in [5.41, 5.74) is 0. The SMILES string of the molecule is CCCCCC(CC)OC(=O)CCO. The molecule has 0 aromatic carbocycles. The molecule has 0 saturated heterocycles. The molecule has 1 N–H and O–H groups in total. The van der Waals surface area contributed by atoms with Gasteiger partial charge in [-0.2, -0.15) is 0 Å². The standard InChI is InChI=1S/C11H22O3/c1-3-5-6-7-10(4-2)14-11(13)8-9-12/h10,12H,3-9H2,1-2H3. The van der Waals surface area contributed by atoms with E-state index in [1.807, 2.05) is 6.92 Å². The molecule has 1 atom stereocenters. The van der Waals surface area contributed by atoms with Crippen LogP contribution in [-0.2, 0) is 9.53 Å². The fourth-order valence-corrected chi connectivity index (χ4v) is 1.30. The van der Waals surface area contributed by atoms with Crippen LogP contribution in [0.4, 0.5) is 0 Å². The van der Waals surface area contributed by atoms with Crippen LogP contribution in [0.2, 0.25) is 0 Å². The Balaban J connectivity index is 3.61. The predicted molar refractivity (Wildman–Crippen MR) is 56.0 cm³/mol. The number of rotatable bonds is 8. The molecule has 14 heavy (non-hydrogen) atoms. The van der Waals surface area contributed by atoms with Crippen LogP contribution in [-0.4, -0.2) is 23.8 Å². The molecule has 3 nitrogen and oxygen atoms in total. The zero-order valence-electron chi connectivity index (χ0n) is 9.29. The zero-order chi connectivity index (χ0) is 10.8. The highest BCUT2D eigenvalue weighted by atomic mass is 16.5. The summed E-state index contributed by atoms with van der Waals surface area (Å²) in [7, 11) is 0. The summed E-state index contributed by atoms with van der Waals surface area (Å²) in [6, 6.07) is 0. The first-order chi connectivity index (χ1) is 6.74. The summed E-state index contributed by atoms with van der Waals surface area (Å²) in [4.78, 5) is 11.1. The topological polar surface area (TPSA) is 46.5 Å². The average molecular weight is 202 g/mol. The van der Waals surface area contributed by atoms with Crippen molar-refractivity contribution in [1.82, 2.24) is 0 Å². The summed E-state index contributed by atoms with van der Waals surface area (Å²) in [5, 5.41) is 8.54. The molecule has 0 rings (SSSR count). The third-order valence-electron chi connectivity index (χ3n) is 2.20. The molecule has 0 aromatic heterocycles. The van der Waals surface area contributed by atoms with Gasteiger partial charge in [-0.05, 0) is 19.3 Å². The third-order valence-corrected chi connectivity index (χ3v) is 2.20. The van der Waals surface area contributed by atoms with Crippen molar-refractivity contribution < 1.29 is 14.6 Å². The zero-order valence-corrected chi connectivity index (χ0v) is 9.29. The van der Waals surface area contributed by atoms with Crippen molar-refractivity contribution in [3.8, 4) is 0 Å². The Bertz CT molecular complexity index is 145. The molecule has 0 fully saturated rings. The minimum absolute atomic E-state index is 0.0422. The van der Waals surface area contributed by atoms with Crippen molar-refractivity contribution in [2.45, 2.75) is 58.5 Å². The van der Waals surface area contributed by atoms with Crippen LogP contribution >= 0.6 is 0 Å². The van der Waals surface area contributed by atoms with Crippen LogP contribution in [0.1, 0.15) is 52.4 Å². The van der Waals surface area contributed by atoms with Gasteiger partial charge in [0.2, 0.25) is 0 Å². The van der Waals surface area contributed by atoms with Gasteiger partial charge in [0.1, 0.15) is 6.10 Å². The Kier molecular flexibility index (Phi) is 8.64. The molecular weight excluding hydrogens is 180 g/mol. The van der Waals surface area contributed by atoms with E-state index in [0.717, 1.165) is 19.3 Å². The molecule has 0 amide bonds. The summed E-state index contributed by atoms with van der Waals surface area (Å²) in [5.74, 6) is -0.282. The summed E-state index contributed by atoms with van der Waals surface area (Å²) < 4.78 is 5.19. The molecule has 0 aliphatic carbocycles. The number of hydrogen-bond acceptors (Lipinski definition) is 3. The maximum absolute atomic E-state index is 11.1. The van der Waals surface area contributed by atoms with Crippen LogP contribution in [0.25, 0.3) is 0 Å². The van der Waals surface area contributed by atoms with E-state index in [1.54, 1.807) is 0 Å². The molecular formula is C11H22O3. The first-order valence-corrected chi connectivity index (χ1v) is 5.54. The van der Waals surface area contributed by atoms with E-state index < -0.39 is 0 Å². The molecule has 0 spiro atoms. The van der Waals surface area contributed by atoms with Crippen molar-refractivity contribution in [3.05, 3.63) is 0 Å². The maximum atomic E-state index is 11.1. The van der Waals surface area contributed by atoms with Gasteiger partial charge in [-0.1, -0.05) is 26.7 Å². The fraction of sp³-hybridized carbons (Fsp3) is 0.909. The largest absolute Gasteiger partial charge is 0.462 e. The Hall–Kier alpha value is -0.570. The number of aliphatic hydroxyl groups is 1. The van der Waals surface area contributed by atoms with Gasteiger partial charge in [-0.3, -0.25) is 4.79 Å². The number of carbonyl (C=O) groups is 1. The van der Waals surface area contributed by atoms with Crippen molar-refractivity contribution in [1.29, 1.82) is 0 Å². The van der Waals surface area contributed by atoms with E-state index in [9.17, 15) is 4.79 Å². The van der Waals surface area contributed by atoms with Crippen LogP contribution in [0.15, 0.2) is 0 Å². The lowest BCUT2D eigenvalue weighted by Gasteiger charge is -2.15. The van der Waals surface area contributed by atoms with E-state index in [1.165, 1.54) is 12.8 Å². The highest BCUT2D eigenvalue weighted by molar-refractivity contribution is 5.69. The minimum atomic E-state index is -0.282. The minimum Gasteiger partial charge on any atom is -0.462 e. The molecule has 1 unspecified atom stereocenters. The van der Waals surface area contributed by atoms with Gasteiger partial charge in [0.15, 0.2) is 0 Å². The van der Waals surface area contributed by atoms with Gasteiger partial charge < -0.3 is 9.84 Å². The smallest absolute Gasteiger partial charge is 0.308 e. The van der Waals surface area contributed by atoms with Gasteiger partial charge in [-0.25, -0.2) is 0 Å². The van der Waals surface area contributed by atoms with Crippen LogP contribution in [0, 0.1) is 0 Å². The van der Waals surface area contributed by atoms with E-state index in [4.69, 9.17) is 9.84 Å².